The van der Waals surface area contributed by atoms with E-state index in [1.54, 1.807) is 18.2 Å². The van der Waals surface area contributed by atoms with Crippen LogP contribution in [-0.2, 0) is 0 Å². The number of anilines is 1. The van der Waals surface area contributed by atoms with Crippen LogP contribution >= 0.6 is 0 Å². The molecule has 1 aromatic carbocycles. The maximum absolute atomic E-state index is 13.0. The Kier molecular flexibility index (Phi) is 5.61. The average molecular weight is 448 g/mol. The molecule has 0 saturated heterocycles. The van der Waals surface area contributed by atoms with Gasteiger partial charge in [-0.2, -0.15) is 9.78 Å². The molecular weight excluding hydrogens is 428 g/mol. The van der Waals surface area contributed by atoms with Crippen LogP contribution in [-0.4, -0.2) is 30.6 Å². The lowest BCUT2D eigenvalue weighted by molar-refractivity contribution is -0.385. The van der Waals surface area contributed by atoms with Crippen molar-refractivity contribution in [2.24, 2.45) is 0 Å². The van der Waals surface area contributed by atoms with Gasteiger partial charge in [0.05, 0.1) is 16.9 Å². The number of nitro benzene ring substituents is 1. The van der Waals surface area contributed by atoms with Crippen molar-refractivity contribution in [2.75, 3.05) is 5.32 Å². The highest BCUT2D eigenvalue weighted by atomic mass is 16.6. The van der Waals surface area contributed by atoms with Gasteiger partial charge >= 0.3 is 0 Å². The van der Waals surface area contributed by atoms with Gasteiger partial charge in [-0.25, -0.2) is 4.98 Å². The zero-order valence-electron chi connectivity index (χ0n) is 18.0. The molecule has 0 aliphatic heterocycles. The van der Waals surface area contributed by atoms with Crippen molar-refractivity contribution in [3.05, 3.63) is 86.0 Å². The van der Waals surface area contributed by atoms with Crippen molar-refractivity contribution in [3.8, 4) is 17.4 Å². The topological polar surface area (TPSA) is 149 Å². The van der Waals surface area contributed by atoms with Crippen LogP contribution < -0.4 is 10.9 Å². The van der Waals surface area contributed by atoms with E-state index in [1.807, 2.05) is 13.8 Å². The normalized spacial score (nSPS) is 11.0. The second-order valence-electron chi connectivity index (χ2n) is 7.61. The van der Waals surface area contributed by atoms with Crippen LogP contribution in [0.1, 0.15) is 41.4 Å². The van der Waals surface area contributed by atoms with Crippen LogP contribution in [0.4, 0.5) is 11.5 Å². The summed E-state index contributed by atoms with van der Waals surface area (Å²) < 4.78 is 6.69. The molecule has 11 nitrogen and oxygen atoms in total. The van der Waals surface area contributed by atoms with Crippen LogP contribution in [0, 0.1) is 17.0 Å². The molecule has 0 spiro atoms. The zero-order valence-corrected chi connectivity index (χ0v) is 18.0. The molecule has 3 heterocycles. The summed E-state index contributed by atoms with van der Waals surface area (Å²) in [6.07, 6.45) is 1.48. The molecule has 33 heavy (non-hydrogen) atoms. The van der Waals surface area contributed by atoms with Crippen molar-refractivity contribution in [2.45, 2.75) is 26.7 Å². The monoisotopic (exact) mass is 448 g/mol. The number of H-pyrrole nitrogens is 1. The first-order valence-electron chi connectivity index (χ1n) is 10.1. The third-order valence-corrected chi connectivity index (χ3v) is 5.01. The first-order valence-corrected chi connectivity index (χ1v) is 10.1. The smallest absolute Gasteiger partial charge is 0.273 e. The highest BCUT2D eigenvalue weighted by molar-refractivity contribution is 6.05. The second kappa shape index (κ2) is 8.54. The van der Waals surface area contributed by atoms with Gasteiger partial charge in [0.2, 0.25) is 5.95 Å². The second-order valence-corrected chi connectivity index (χ2v) is 7.61. The minimum atomic E-state index is -0.578. The third-order valence-electron chi connectivity index (χ3n) is 5.01. The number of nitrogens with zero attached hydrogens (tertiary/aromatic N) is 4. The number of hydrogen-bond donors (Lipinski definition) is 2. The van der Waals surface area contributed by atoms with Gasteiger partial charge in [-0.05, 0) is 31.0 Å². The number of carbonyl (C=O) groups is 1. The largest absolute Gasteiger partial charge is 0.463 e. The van der Waals surface area contributed by atoms with Gasteiger partial charge in [0.1, 0.15) is 11.5 Å². The molecule has 0 bridgehead atoms. The molecule has 0 unspecified atom stereocenters. The van der Waals surface area contributed by atoms with Crippen LogP contribution in [0.2, 0.25) is 0 Å². The van der Waals surface area contributed by atoms with E-state index < -0.39 is 10.8 Å². The van der Waals surface area contributed by atoms with Crippen molar-refractivity contribution in [1.29, 1.82) is 0 Å². The van der Waals surface area contributed by atoms with E-state index in [1.165, 1.54) is 42.1 Å². The minimum Gasteiger partial charge on any atom is -0.463 e. The summed E-state index contributed by atoms with van der Waals surface area (Å²) >= 11 is 0. The van der Waals surface area contributed by atoms with Gasteiger partial charge in [-0.1, -0.05) is 19.9 Å². The lowest BCUT2D eigenvalue weighted by atomic mass is 10.1. The summed E-state index contributed by atoms with van der Waals surface area (Å²) in [7, 11) is 0. The van der Waals surface area contributed by atoms with Crippen molar-refractivity contribution in [1.82, 2.24) is 19.7 Å². The van der Waals surface area contributed by atoms with E-state index in [0.29, 0.717) is 17.1 Å². The molecule has 4 aromatic rings. The van der Waals surface area contributed by atoms with Crippen LogP contribution in [0.25, 0.3) is 17.4 Å². The molecule has 0 radical (unpaired) electrons. The van der Waals surface area contributed by atoms with E-state index in [4.69, 9.17) is 4.42 Å². The highest BCUT2D eigenvalue weighted by Gasteiger charge is 2.22. The number of nitrogens with one attached hydrogen (secondary N) is 2. The Bertz CT molecular complexity index is 1400. The Morgan fingerprint density at radius 1 is 1.24 bits per heavy atom. The van der Waals surface area contributed by atoms with Crippen LogP contribution in [0.15, 0.2) is 57.9 Å². The van der Waals surface area contributed by atoms with Gasteiger partial charge in [0.25, 0.3) is 17.2 Å². The maximum atomic E-state index is 13.0. The van der Waals surface area contributed by atoms with Crippen molar-refractivity contribution in [3.63, 3.8) is 0 Å². The number of furan rings is 1. The first kappa shape index (κ1) is 21.7. The Morgan fingerprint density at radius 3 is 2.70 bits per heavy atom. The SMILES string of the molecule is Cc1c(C(=O)Nc2cc(-c3ccco3)nn2-c2nc(C(C)C)cc(=O)[nH]2)cccc1[N+](=O)[O-]. The molecule has 168 valence electrons. The number of rotatable bonds is 6. The number of aromatic amines is 1. The number of benzene rings is 1. The average Bonchev–Trinajstić information content (AvgIpc) is 3.43. The lowest BCUT2D eigenvalue weighted by Crippen LogP contribution is -2.20. The van der Waals surface area contributed by atoms with E-state index in [-0.39, 0.29) is 40.1 Å². The lowest BCUT2D eigenvalue weighted by Gasteiger charge is -2.11. The molecule has 0 aliphatic carbocycles. The van der Waals surface area contributed by atoms with E-state index in [2.05, 4.69) is 20.4 Å². The van der Waals surface area contributed by atoms with Crippen molar-refractivity contribution < 1.29 is 14.1 Å². The third kappa shape index (κ3) is 4.28. The van der Waals surface area contributed by atoms with E-state index >= 15 is 0 Å². The number of aromatic nitrogens is 4. The molecular formula is C22H20N6O5. The fraction of sp³-hybridized carbons (Fsp3) is 0.182. The summed E-state index contributed by atoms with van der Waals surface area (Å²) in [4.78, 5) is 43.1. The highest BCUT2D eigenvalue weighted by Crippen LogP contribution is 2.26. The standard InChI is InChI=1S/C22H20N6O5/c1-12(2)15-11-20(29)25-22(23-15)27-19(10-16(26-27)18-8-5-9-33-18)24-21(30)14-6-4-7-17(13(14)3)28(31)32/h4-12H,1-3H3,(H,24,30)(H,23,25,29). The summed E-state index contributed by atoms with van der Waals surface area (Å²) in [5, 5.41) is 18.4. The summed E-state index contributed by atoms with van der Waals surface area (Å²) in [5.41, 5.74) is 0.771. The Morgan fingerprint density at radius 2 is 2.03 bits per heavy atom. The number of nitro groups is 1. The Balaban J connectivity index is 1.80. The molecule has 4 rings (SSSR count). The molecule has 0 aliphatic rings. The van der Waals surface area contributed by atoms with Gasteiger partial charge < -0.3 is 9.73 Å². The number of amides is 1. The fourth-order valence-electron chi connectivity index (χ4n) is 3.29. The molecule has 0 fully saturated rings. The zero-order chi connectivity index (χ0) is 23.7. The van der Waals surface area contributed by atoms with Gasteiger partial charge in [0, 0.05) is 29.3 Å². The van der Waals surface area contributed by atoms with Crippen molar-refractivity contribution >= 4 is 17.4 Å². The molecule has 3 aromatic heterocycles. The predicted octanol–water partition coefficient (Wildman–Crippen LogP) is 3.81. The maximum Gasteiger partial charge on any atom is 0.273 e. The van der Waals surface area contributed by atoms with Gasteiger partial charge in [0.15, 0.2) is 5.76 Å². The molecule has 11 heteroatoms. The van der Waals surface area contributed by atoms with Gasteiger partial charge in [-0.3, -0.25) is 24.7 Å². The predicted molar refractivity (Wildman–Crippen MR) is 120 cm³/mol. The Hall–Kier alpha value is -4.54. The summed E-state index contributed by atoms with van der Waals surface area (Å²) in [6, 6.07) is 10.6. The molecule has 1 amide bonds. The molecule has 0 atom stereocenters. The number of carbonyl (C=O) groups excluding carboxylic acids is 1. The van der Waals surface area contributed by atoms with E-state index in [0.717, 1.165) is 0 Å². The minimum absolute atomic E-state index is 0.0169. The fourth-order valence-corrected chi connectivity index (χ4v) is 3.29. The van der Waals surface area contributed by atoms with Crippen LogP contribution in [0.3, 0.4) is 0 Å². The number of hydrogen-bond acceptors (Lipinski definition) is 7. The van der Waals surface area contributed by atoms with Gasteiger partial charge in [-0.15, -0.1) is 0 Å². The summed E-state index contributed by atoms with van der Waals surface area (Å²) in [5.74, 6) is 0.150. The quantitative estimate of drug-likeness (QED) is 0.336. The molecule has 2 N–H and O–H groups in total. The van der Waals surface area contributed by atoms with Crippen LogP contribution in [0.5, 0.6) is 0 Å². The molecule has 0 saturated carbocycles. The Labute approximate surface area is 187 Å². The van der Waals surface area contributed by atoms with E-state index in [9.17, 15) is 19.7 Å². The summed E-state index contributed by atoms with van der Waals surface area (Å²) in [6.45, 7) is 5.30. The first-order chi connectivity index (χ1) is 15.7.